The summed E-state index contributed by atoms with van der Waals surface area (Å²) in [5.74, 6) is 0.748. The van der Waals surface area contributed by atoms with Crippen LogP contribution in [0.5, 0.6) is 5.75 Å². The summed E-state index contributed by atoms with van der Waals surface area (Å²) >= 11 is 0. The fourth-order valence-electron chi connectivity index (χ4n) is 2.09. The van der Waals surface area contributed by atoms with Gasteiger partial charge in [0.1, 0.15) is 5.75 Å². The van der Waals surface area contributed by atoms with Crippen LogP contribution in [0.15, 0.2) is 24.4 Å². The molecule has 0 aliphatic carbocycles. The maximum absolute atomic E-state index is 12.2. The fraction of sp³-hybridized carbons (Fsp3) is 0.400. The van der Waals surface area contributed by atoms with Crippen molar-refractivity contribution >= 4 is 16.8 Å². The minimum absolute atomic E-state index is 0.0183. The predicted octanol–water partition coefficient (Wildman–Crippen LogP) is 1.56. The summed E-state index contributed by atoms with van der Waals surface area (Å²) in [5.41, 5.74) is 1.91. The van der Waals surface area contributed by atoms with Crippen molar-refractivity contribution < 1.29 is 14.6 Å². The molecule has 20 heavy (non-hydrogen) atoms. The Hall–Kier alpha value is -2.01. The van der Waals surface area contributed by atoms with Crippen LogP contribution < -0.4 is 4.74 Å². The first-order valence-electron chi connectivity index (χ1n) is 6.57. The first-order valence-corrected chi connectivity index (χ1v) is 6.57. The molecule has 0 aliphatic heterocycles. The molecule has 1 amide bonds. The van der Waals surface area contributed by atoms with Gasteiger partial charge in [0, 0.05) is 24.1 Å². The van der Waals surface area contributed by atoms with E-state index in [4.69, 9.17) is 9.84 Å². The van der Waals surface area contributed by atoms with Gasteiger partial charge in [-0.25, -0.2) is 0 Å². The molecule has 2 N–H and O–H groups in total. The Labute approximate surface area is 118 Å². The van der Waals surface area contributed by atoms with Crippen LogP contribution in [0.1, 0.15) is 12.5 Å². The van der Waals surface area contributed by atoms with E-state index < -0.39 is 0 Å². The molecule has 0 bridgehead atoms. The molecule has 1 unspecified atom stereocenters. The second kappa shape index (κ2) is 5.96. The second-order valence-corrected chi connectivity index (χ2v) is 4.94. The summed E-state index contributed by atoms with van der Waals surface area (Å²) in [5, 5.41) is 10.1. The van der Waals surface area contributed by atoms with Crippen LogP contribution in [-0.4, -0.2) is 47.7 Å². The largest absolute Gasteiger partial charge is 0.497 e. The lowest BCUT2D eigenvalue weighted by molar-refractivity contribution is -0.131. The zero-order chi connectivity index (χ0) is 14.7. The van der Waals surface area contributed by atoms with E-state index in [2.05, 4.69) is 4.98 Å². The molecule has 0 saturated carbocycles. The van der Waals surface area contributed by atoms with E-state index in [0.717, 1.165) is 22.2 Å². The third-order valence-electron chi connectivity index (χ3n) is 3.64. The number of amides is 1. The Balaban J connectivity index is 2.23. The lowest BCUT2D eigenvalue weighted by Crippen LogP contribution is -2.38. The Morgan fingerprint density at radius 2 is 2.25 bits per heavy atom. The van der Waals surface area contributed by atoms with Gasteiger partial charge < -0.3 is 19.7 Å². The number of carbonyl (C=O) groups is 1. The number of hydrogen-bond acceptors (Lipinski definition) is 3. The van der Waals surface area contributed by atoms with E-state index in [1.54, 1.807) is 19.1 Å². The molecule has 1 atom stereocenters. The van der Waals surface area contributed by atoms with Crippen molar-refractivity contribution in [2.24, 2.45) is 0 Å². The molecule has 5 nitrogen and oxygen atoms in total. The molecule has 0 saturated heterocycles. The van der Waals surface area contributed by atoms with Crippen LogP contribution in [0, 0.1) is 0 Å². The molecule has 1 aromatic heterocycles. The number of nitrogens with zero attached hydrogens (tertiary/aromatic N) is 1. The molecule has 0 radical (unpaired) electrons. The van der Waals surface area contributed by atoms with E-state index in [1.165, 1.54) is 0 Å². The van der Waals surface area contributed by atoms with Crippen molar-refractivity contribution in [1.29, 1.82) is 0 Å². The van der Waals surface area contributed by atoms with Crippen molar-refractivity contribution in [2.75, 3.05) is 20.8 Å². The van der Waals surface area contributed by atoms with E-state index in [1.807, 2.05) is 31.3 Å². The van der Waals surface area contributed by atoms with E-state index in [-0.39, 0.29) is 18.6 Å². The molecule has 1 aromatic carbocycles. The molecular weight excluding hydrogens is 256 g/mol. The van der Waals surface area contributed by atoms with Gasteiger partial charge in [-0.05, 0) is 30.7 Å². The van der Waals surface area contributed by atoms with Crippen molar-refractivity contribution in [1.82, 2.24) is 9.88 Å². The number of H-pyrrole nitrogens is 1. The van der Waals surface area contributed by atoms with Crippen molar-refractivity contribution in [2.45, 2.75) is 19.4 Å². The van der Waals surface area contributed by atoms with Crippen LogP contribution in [0.3, 0.4) is 0 Å². The summed E-state index contributed by atoms with van der Waals surface area (Å²) in [6.07, 6.45) is 2.15. The minimum Gasteiger partial charge on any atom is -0.497 e. The minimum atomic E-state index is -0.178. The van der Waals surface area contributed by atoms with Gasteiger partial charge in [-0.3, -0.25) is 4.79 Å². The third-order valence-corrected chi connectivity index (χ3v) is 3.64. The number of aliphatic hydroxyl groups excluding tert-OH is 1. The van der Waals surface area contributed by atoms with Crippen LogP contribution in [0.2, 0.25) is 0 Å². The van der Waals surface area contributed by atoms with E-state index in [9.17, 15) is 4.79 Å². The monoisotopic (exact) mass is 276 g/mol. The number of ether oxygens (including phenoxy) is 1. The van der Waals surface area contributed by atoms with Crippen LogP contribution in [0.4, 0.5) is 0 Å². The van der Waals surface area contributed by atoms with Gasteiger partial charge in [0.25, 0.3) is 0 Å². The number of nitrogens with one attached hydrogen (secondary N) is 1. The van der Waals surface area contributed by atoms with Crippen molar-refractivity contribution in [3.05, 3.63) is 30.0 Å². The number of aromatic amines is 1. The molecule has 5 heteroatoms. The van der Waals surface area contributed by atoms with Gasteiger partial charge in [0.15, 0.2) is 0 Å². The number of hydrogen-bond donors (Lipinski definition) is 2. The zero-order valence-corrected chi connectivity index (χ0v) is 12.0. The highest BCUT2D eigenvalue weighted by Gasteiger charge is 2.17. The third kappa shape index (κ3) is 2.77. The fourth-order valence-corrected chi connectivity index (χ4v) is 2.09. The Kier molecular flexibility index (Phi) is 4.29. The Morgan fingerprint density at radius 1 is 1.50 bits per heavy atom. The number of likely N-dealkylation sites (N-methyl/N-ethyl adjacent to an activating group) is 1. The van der Waals surface area contributed by atoms with Gasteiger partial charge in [-0.2, -0.15) is 0 Å². The molecule has 108 valence electrons. The summed E-state index contributed by atoms with van der Waals surface area (Å²) in [7, 11) is 3.33. The summed E-state index contributed by atoms with van der Waals surface area (Å²) < 4.78 is 5.21. The normalized spacial score (nSPS) is 12.4. The Bertz CT molecular complexity index is 606. The lowest BCUT2D eigenvalue weighted by Gasteiger charge is -2.23. The predicted molar refractivity (Wildman–Crippen MR) is 77.9 cm³/mol. The zero-order valence-electron chi connectivity index (χ0n) is 12.0. The number of aromatic nitrogens is 1. The van der Waals surface area contributed by atoms with E-state index in [0.29, 0.717) is 6.42 Å². The van der Waals surface area contributed by atoms with Gasteiger partial charge in [0.2, 0.25) is 5.91 Å². The average molecular weight is 276 g/mol. The molecule has 0 spiro atoms. The number of aliphatic hydroxyl groups is 1. The van der Waals surface area contributed by atoms with Crippen LogP contribution in [0.25, 0.3) is 10.9 Å². The summed E-state index contributed by atoms with van der Waals surface area (Å²) in [6, 6.07) is 5.55. The molecular formula is C15H20N2O3. The highest BCUT2D eigenvalue weighted by Crippen LogP contribution is 2.24. The van der Waals surface area contributed by atoms with Crippen LogP contribution >= 0.6 is 0 Å². The highest BCUT2D eigenvalue weighted by atomic mass is 16.5. The lowest BCUT2D eigenvalue weighted by atomic mass is 10.1. The number of rotatable bonds is 5. The quantitative estimate of drug-likeness (QED) is 0.871. The van der Waals surface area contributed by atoms with Gasteiger partial charge in [0.05, 0.1) is 26.2 Å². The van der Waals surface area contributed by atoms with Crippen molar-refractivity contribution in [3.63, 3.8) is 0 Å². The second-order valence-electron chi connectivity index (χ2n) is 4.94. The molecule has 0 aliphatic rings. The average Bonchev–Trinajstić information content (AvgIpc) is 2.87. The highest BCUT2D eigenvalue weighted by molar-refractivity contribution is 5.89. The SMILES string of the molecule is COc1ccc2[nH]cc(CC(=O)N(C)C(C)CO)c2c1. The standard InChI is InChI=1S/C15H20N2O3/c1-10(9-18)17(2)15(19)6-11-8-16-14-5-4-12(20-3)7-13(11)14/h4-5,7-8,10,16,18H,6,9H2,1-3H3. The topological polar surface area (TPSA) is 65.6 Å². The number of methoxy groups -OCH3 is 1. The van der Waals surface area contributed by atoms with Gasteiger partial charge in [-0.15, -0.1) is 0 Å². The number of fused-ring (bicyclic) bond motifs is 1. The number of carbonyl (C=O) groups excluding carboxylic acids is 1. The molecule has 2 aromatic rings. The number of benzene rings is 1. The first-order chi connectivity index (χ1) is 9.56. The first kappa shape index (κ1) is 14.4. The maximum Gasteiger partial charge on any atom is 0.227 e. The summed E-state index contributed by atoms with van der Waals surface area (Å²) in [6.45, 7) is 1.78. The van der Waals surface area contributed by atoms with Crippen LogP contribution in [-0.2, 0) is 11.2 Å². The van der Waals surface area contributed by atoms with Gasteiger partial charge >= 0.3 is 0 Å². The molecule has 1 heterocycles. The molecule has 2 rings (SSSR count). The summed E-state index contributed by atoms with van der Waals surface area (Å²) in [4.78, 5) is 16.9. The van der Waals surface area contributed by atoms with E-state index >= 15 is 0 Å². The Morgan fingerprint density at radius 3 is 2.90 bits per heavy atom. The smallest absolute Gasteiger partial charge is 0.227 e. The molecule has 0 fully saturated rings. The van der Waals surface area contributed by atoms with Gasteiger partial charge in [-0.1, -0.05) is 0 Å². The maximum atomic E-state index is 12.2. The van der Waals surface area contributed by atoms with Crippen molar-refractivity contribution in [3.8, 4) is 5.75 Å².